The zero-order chi connectivity index (χ0) is 24.2. The first-order chi connectivity index (χ1) is 17.2. The van der Waals surface area contributed by atoms with E-state index in [0.29, 0.717) is 52.4 Å². The summed E-state index contributed by atoms with van der Waals surface area (Å²) in [5.74, 6) is 2.60. The molecule has 5 aromatic rings. The van der Waals surface area contributed by atoms with E-state index in [2.05, 4.69) is 27.8 Å². The predicted molar refractivity (Wildman–Crippen MR) is 138 cm³/mol. The van der Waals surface area contributed by atoms with Gasteiger partial charge in [-0.15, -0.1) is 0 Å². The van der Waals surface area contributed by atoms with Crippen molar-refractivity contribution >= 4 is 40.0 Å². The number of fused-ring (bicyclic) bond motifs is 1. The zero-order valence-electron chi connectivity index (χ0n) is 19.5. The Balaban J connectivity index is 1.56. The Hall–Kier alpha value is -4.31. The third kappa shape index (κ3) is 4.56. The van der Waals surface area contributed by atoms with Crippen LogP contribution in [0.3, 0.4) is 0 Å². The molecular weight excluding hydrogens is 464 g/mol. The first kappa shape index (κ1) is 22.5. The third-order valence-electron chi connectivity index (χ3n) is 5.40. The van der Waals surface area contributed by atoms with E-state index in [-0.39, 0.29) is 0 Å². The molecule has 0 aliphatic heterocycles. The van der Waals surface area contributed by atoms with Crippen LogP contribution in [0.5, 0.6) is 17.2 Å². The number of ether oxygens (including phenoxy) is 3. The Labute approximate surface area is 206 Å². The summed E-state index contributed by atoms with van der Waals surface area (Å²) in [6.07, 6.45) is 1.76. The minimum Gasteiger partial charge on any atom is -0.493 e. The van der Waals surface area contributed by atoms with E-state index in [0.717, 1.165) is 11.3 Å². The smallest absolute Gasteiger partial charge is 0.231 e. The largest absolute Gasteiger partial charge is 0.493 e. The fourth-order valence-corrected chi connectivity index (χ4v) is 4.35. The number of benzene rings is 2. The molecule has 0 aliphatic carbocycles. The quantitative estimate of drug-likeness (QED) is 0.290. The van der Waals surface area contributed by atoms with Gasteiger partial charge in [-0.3, -0.25) is 4.57 Å². The molecule has 178 valence electrons. The molecule has 0 bridgehead atoms. The predicted octanol–water partition coefficient (Wildman–Crippen LogP) is 5.26. The van der Waals surface area contributed by atoms with Gasteiger partial charge in [0.15, 0.2) is 28.5 Å². The van der Waals surface area contributed by atoms with Gasteiger partial charge >= 0.3 is 0 Å². The maximum atomic E-state index is 5.48. The molecule has 0 spiro atoms. The Morgan fingerprint density at radius 2 is 1.71 bits per heavy atom. The van der Waals surface area contributed by atoms with Crippen LogP contribution in [0.25, 0.3) is 16.9 Å². The van der Waals surface area contributed by atoms with Crippen molar-refractivity contribution in [2.24, 2.45) is 0 Å². The number of methoxy groups -OCH3 is 3. The van der Waals surface area contributed by atoms with E-state index in [1.807, 2.05) is 51.7 Å². The summed E-state index contributed by atoms with van der Waals surface area (Å²) in [7, 11) is 4.73. The zero-order valence-corrected chi connectivity index (χ0v) is 20.3. The van der Waals surface area contributed by atoms with Crippen LogP contribution in [0.2, 0.25) is 0 Å². The van der Waals surface area contributed by atoms with Crippen LogP contribution in [0, 0.1) is 0 Å². The first-order valence-electron chi connectivity index (χ1n) is 10.8. The summed E-state index contributed by atoms with van der Waals surface area (Å²) < 4.78 is 18.3. The van der Waals surface area contributed by atoms with Crippen LogP contribution in [-0.4, -0.2) is 40.8 Å². The van der Waals surface area contributed by atoms with Crippen molar-refractivity contribution < 1.29 is 14.2 Å². The highest BCUT2D eigenvalue weighted by molar-refractivity contribution is 7.08. The number of anilines is 3. The molecule has 3 aromatic heterocycles. The molecule has 0 fully saturated rings. The lowest BCUT2D eigenvalue weighted by Gasteiger charge is -2.15. The van der Waals surface area contributed by atoms with Gasteiger partial charge in [0.1, 0.15) is 6.33 Å². The molecule has 0 amide bonds. The molecule has 10 heteroatoms. The molecule has 5 rings (SSSR count). The van der Waals surface area contributed by atoms with Crippen molar-refractivity contribution in [3.8, 4) is 22.9 Å². The average molecular weight is 489 g/mol. The molecule has 0 saturated carbocycles. The van der Waals surface area contributed by atoms with Gasteiger partial charge in [0.25, 0.3) is 0 Å². The summed E-state index contributed by atoms with van der Waals surface area (Å²) in [5.41, 5.74) is 4.18. The number of thiophene rings is 1. The Kier molecular flexibility index (Phi) is 6.36. The third-order valence-corrected chi connectivity index (χ3v) is 6.07. The van der Waals surface area contributed by atoms with Gasteiger partial charge in [0.2, 0.25) is 11.7 Å². The summed E-state index contributed by atoms with van der Waals surface area (Å²) in [6, 6.07) is 15.8. The fourth-order valence-electron chi connectivity index (χ4n) is 3.73. The van der Waals surface area contributed by atoms with Gasteiger partial charge in [-0.1, -0.05) is 30.3 Å². The number of nitrogens with one attached hydrogen (secondary N) is 2. The van der Waals surface area contributed by atoms with Crippen LogP contribution in [0.1, 0.15) is 5.56 Å². The van der Waals surface area contributed by atoms with E-state index in [4.69, 9.17) is 24.2 Å². The number of hydrogen-bond acceptors (Lipinski definition) is 9. The second kappa shape index (κ2) is 9.90. The minimum atomic E-state index is 0.402. The second-order valence-corrected chi connectivity index (χ2v) is 8.32. The van der Waals surface area contributed by atoms with Gasteiger partial charge in [-0.25, -0.2) is 4.98 Å². The Morgan fingerprint density at radius 3 is 2.37 bits per heavy atom. The fraction of sp³-hybridized carbons (Fsp3) is 0.160. The van der Waals surface area contributed by atoms with Gasteiger partial charge in [0.05, 0.1) is 27.0 Å². The normalized spacial score (nSPS) is 10.8. The maximum absolute atomic E-state index is 5.48. The van der Waals surface area contributed by atoms with Crippen molar-refractivity contribution in [3.05, 3.63) is 71.2 Å². The first-order valence-corrected chi connectivity index (χ1v) is 11.8. The SMILES string of the molecule is COc1cc(Nc2nc(NCc3ccccc3)c3ncn(-c4ccsc4)c3n2)cc(OC)c1OC. The van der Waals surface area contributed by atoms with Crippen LogP contribution < -0.4 is 24.8 Å². The van der Waals surface area contributed by atoms with Crippen molar-refractivity contribution in [2.45, 2.75) is 6.54 Å². The van der Waals surface area contributed by atoms with Crippen molar-refractivity contribution in [1.82, 2.24) is 19.5 Å². The number of nitrogens with zero attached hydrogens (tertiary/aromatic N) is 4. The van der Waals surface area contributed by atoms with Crippen molar-refractivity contribution in [3.63, 3.8) is 0 Å². The number of hydrogen-bond donors (Lipinski definition) is 2. The molecule has 9 nitrogen and oxygen atoms in total. The molecule has 35 heavy (non-hydrogen) atoms. The minimum absolute atomic E-state index is 0.402. The maximum Gasteiger partial charge on any atom is 0.231 e. The summed E-state index contributed by atoms with van der Waals surface area (Å²) in [5, 5.41) is 10.8. The van der Waals surface area contributed by atoms with Crippen LogP contribution in [-0.2, 0) is 6.54 Å². The van der Waals surface area contributed by atoms with Gasteiger partial charge in [0, 0.05) is 29.7 Å². The van der Waals surface area contributed by atoms with Crippen molar-refractivity contribution in [1.29, 1.82) is 0 Å². The molecule has 0 aliphatic rings. The van der Waals surface area contributed by atoms with Gasteiger partial charge in [-0.05, 0) is 17.0 Å². The van der Waals surface area contributed by atoms with E-state index in [1.54, 1.807) is 39.0 Å². The lowest BCUT2D eigenvalue weighted by molar-refractivity contribution is 0.324. The van der Waals surface area contributed by atoms with Crippen LogP contribution in [0.4, 0.5) is 17.5 Å². The summed E-state index contributed by atoms with van der Waals surface area (Å²) in [4.78, 5) is 14.1. The standard InChI is InChI=1S/C25H24N6O3S/c1-32-19-11-17(12-20(33-2)22(19)34-3)28-25-29-23(26-13-16-7-5-4-6-8-16)21-24(30-25)31(15-27-21)18-9-10-35-14-18/h4-12,14-15H,13H2,1-3H3,(H2,26,28,29,30). The van der Waals surface area contributed by atoms with Gasteiger partial charge < -0.3 is 24.8 Å². The van der Waals surface area contributed by atoms with Crippen molar-refractivity contribution in [2.75, 3.05) is 32.0 Å². The molecule has 0 saturated heterocycles. The Bertz CT molecular complexity index is 1410. The number of imidazole rings is 1. The Morgan fingerprint density at radius 1 is 0.943 bits per heavy atom. The molecule has 0 radical (unpaired) electrons. The summed E-state index contributed by atoms with van der Waals surface area (Å²) >= 11 is 1.61. The highest BCUT2D eigenvalue weighted by Gasteiger charge is 2.17. The second-order valence-electron chi connectivity index (χ2n) is 7.54. The lowest BCUT2D eigenvalue weighted by atomic mass is 10.2. The molecule has 2 N–H and O–H groups in total. The van der Waals surface area contributed by atoms with Crippen LogP contribution >= 0.6 is 11.3 Å². The van der Waals surface area contributed by atoms with Crippen LogP contribution in [0.15, 0.2) is 65.6 Å². The van der Waals surface area contributed by atoms with E-state index >= 15 is 0 Å². The van der Waals surface area contributed by atoms with Gasteiger partial charge in [-0.2, -0.15) is 21.3 Å². The molecular formula is C25H24N6O3S. The van der Waals surface area contributed by atoms with E-state index < -0.39 is 0 Å². The highest BCUT2D eigenvalue weighted by atomic mass is 32.1. The molecule has 2 aromatic carbocycles. The highest BCUT2D eigenvalue weighted by Crippen LogP contribution is 2.40. The molecule has 0 unspecified atom stereocenters. The molecule has 0 atom stereocenters. The molecule has 3 heterocycles. The lowest BCUT2D eigenvalue weighted by Crippen LogP contribution is -2.07. The van der Waals surface area contributed by atoms with E-state index in [1.165, 1.54) is 0 Å². The van der Waals surface area contributed by atoms with E-state index in [9.17, 15) is 0 Å². The summed E-state index contributed by atoms with van der Waals surface area (Å²) in [6.45, 7) is 0.599. The average Bonchev–Trinajstić information content (AvgIpc) is 3.57. The number of rotatable bonds is 9. The monoisotopic (exact) mass is 488 g/mol. The topological polar surface area (TPSA) is 95.4 Å². The number of aromatic nitrogens is 4.